The Hall–Kier alpha value is -1.35. The molecule has 0 spiro atoms. The quantitative estimate of drug-likeness (QED) is 0.863. The van der Waals surface area contributed by atoms with E-state index >= 15 is 0 Å². The van der Waals surface area contributed by atoms with Crippen molar-refractivity contribution in [2.75, 3.05) is 11.9 Å². The second-order valence-corrected chi connectivity index (χ2v) is 6.67. The van der Waals surface area contributed by atoms with E-state index in [4.69, 9.17) is 0 Å². The highest BCUT2D eigenvalue weighted by Gasteiger charge is 2.38. The van der Waals surface area contributed by atoms with Gasteiger partial charge in [-0.3, -0.25) is 4.79 Å². The van der Waals surface area contributed by atoms with E-state index in [0.717, 1.165) is 23.7 Å². The van der Waals surface area contributed by atoms with Gasteiger partial charge >= 0.3 is 0 Å². The Morgan fingerprint density at radius 1 is 1.40 bits per heavy atom. The highest BCUT2D eigenvalue weighted by atomic mass is 16.2. The average molecular weight is 272 g/mol. The molecule has 0 bridgehead atoms. The van der Waals surface area contributed by atoms with Gasteiger partial charge in [-0.1, -0.05) is 31.9 Å². The number of nitrogens with one attached hydrogen (secondary N) is 2. The van der Waals surface area contributed by atoms with Gasteiger partial charge in [-0.05, 0) is 49.9 Å². The molecule has 1 amide bonds. The average Bonchev–Trinajstić information content (AvgIpc) is 3.18. The van der Waals surface area contributed by atoms with Crippen molar-refractivity contribution >= 4 is 11.6 Å². The molecule has 1 aromatic carbocycles. The molecule has 0 aromatic heterocycles. The maximum absolute atomic E-state index is 12.0. The van der Waals surface area contributed by atoms with Gasteiger partial charge in [0.05, 0.1) is 5.41 Å². The van der Waals surface area contributed by atoms with Gasteiger partial charge < -0.3 is 10.6 Å². The van der Waals surface area contributed by atoms with Crippen LogP contribution in [0.3, 0.4) is 0 Å². The minimum absolute atomic E-state index is 0.104. The van der Waals surface area contributed by atoms with Gasteiger partial charge in [0.2, 0.25) is 5.91 Å². The standard InChI is InChI=1S/C17H24N2O/c1-4-18-15(9-11-5-6-11)12-7-8-14-13(10-12)17(2,3)16(20)19-14/h7-8,10-11,15,18H,4-6,9H2,1-3H3,(H,19,20). The summed E-state index contributed by atoms with van der Waals surface area (Å²) in [5.41, 5.74) is 3.02. The summed E-state index contributed by atoms with van der Waals surface area (Å²) < 4.78 is 0. The molecule has 2 aliphatic rings. The van der Waals surface area contributed by atoms with Crippen molar-refractivity contribution in [3.63, 3.8) is 0 Å². The van der Waals surface area contributed by atoms with Gasteiger partial charge in [0.25, 0.3) is 0 Å². The van der Waals surface area contributed by atoms with Crippen LogP contribution in [0.15, 0.2) is 18.2 Å². The number of anilines is 1. The molecule has 1 saturated carbocycles. The number of carbonyl (C=O) groups is 1. The van der Waals surface area contributed by atoms with Crippen LogP contribution in [0.5, 0.6) is 0 Å². The van der Waals surface area contributed by atoms with Crippen molar-refractivity contribution < 1.29 is 4.79 Å². The predicted octanol–water partition coefficient (Wildman–Crippen LogP) is 3.37. The van der Waals surface area contributed by atoms with E-state index in [1.165, 1.54) is 24.8 Å². The third kappa shape index (κ3) is 2.35. The first-order valence-corrected chi connectivity index (χ1v) is 7.71. The van der Waals surface area contributed by atoms with Gasteiger partial charge in [-0.15, -0.1) is 0 Å². The topological polar surface area (TPSA) is 41.1 Å². The van der Waals surface area contributed by atoms with E-state index in [2.05, 4.69) is 35.8 Å². The third-order valence-corrected chi connectivity index (χ3v) is 4.65. The number of rotatable bonds is 5. The Balaban J connectivity index is 1.90. The van der Waals surface area contributed by atoms with Crippen molar-refractivity contribution in [3.8, 4) is 0 Å². The van der Waals surface area contributed by atoms with Crippen molar-refractivity contribution in [2.45, 2.75) is 51.5 Å². The zero-order valence-electron chi connectivity index (χ0n) is 12.6. The molecule has 1 atom stereocenters. The van der Waals surface area contributed by atoms with Crippen LogP contribution < -0.4 is 10.6 Å². The fourth-order valence-corrected chi connectivity index (χ4v) is 3.08. The molecule has 20 heavy (non-hydrogen) atoms. The van der Waals surface area contributed by atoms with Gasteiger partial charge in [-0.25, -0.2) is 0 Å². The predicted molar refractivity (Wildman–Crippen MR) is 81.9 cm³/mol. The number of hydrogen-bond donors (Lipinski definition) is 2. The lowest BCUT2D eigenvalue weighted by molar-refractivity contribution is -0.119. The van der Waals surface area contributed by atoms with Crippen molar-refractivity contribution in [1.29, 1.82) is 0 Å². The summed E-state index contributed by atoms with van der Waals surface area (Å²) in [6.07, 6.45) is 3.96. The molecule has 1 aliphatic heterocycles. The molecular formula is C17H24N2O. The maximum Gasteiger partial charge on any atom is 0.234 e. The summed E-state index contributed by atoms with van der Waals surface area (Å²) in [7, 11) is 0. The summed E-state index contributed by atoms with van der Waals surface area (Å²) in [6, 6.07) is 6.87. The molecule has 1 unspecified atom stereocenters. The first-order valence-electron chi connectivity index (χ1n) is 7.71. The molecule has 0 radical (unpaired) electrons. The molecule has 108 valence electrons. The van der Waals surface area contributed by atoms with E-state index < -0.39 is 5.41 Å². The summed E-state index contributed by atoms with van der Waals surface area (Å²) >= 11 is 0. The molecule has 1 heterocycles. The first kappa shape index (κ1) is 13.6. The largest absolute Gasteiger partial charge is 0.325 e. The van der Waals surface area contributed by atoms with E-state index in [1.807, 2.05) is 13.8 Å². The highest BCUT2D eigenvalue weighted by molar-refractivity contribution is 6.05. The fraction of sp³-hybridized carbons (Fsp3) is 0.588. The molecule has 3 nitrogen and oxygen atoms in total. The van der Waals surface area contributed by atoms with E-state index in [9.17, 15) is 4.79 Å². The Kier molecular flexibility index (Phi) is 3.33. The number of fused-ring (bicyclic) bond motifs is 1. The van der Waals surface area contributed by atoms with E-state index in [0.29, 0.717) is 6.04 Å². The molecule has 3 rings (SSSR count). The Morgan fingerprint density at radius 3 is 2.80 bits per heavy atom. The molecule has 2 N–H and O–H groups in total. The van der Waals surface area contributed by atoms with Crippen LogP contribution in [0.4, 0.5) is 5.69 Å². The molecule has 3 heteroatoms. The summed E-state index contributed by atoms with van der Waals surface area (Å²) in [5, 5.41) is 6.57. The van der Waals surface area contributed by atoms with Crippen LogP contribution in [-0.2, 0) is 10.2 Å². The summed E-state index contributed by atoms with van der Waals surface area (Å²) in [5.74, 6) is 0.993. The Morgan fingerprint density at radius 2 is 2.15 bits per heavy atom. The molecule has 1 aromatic rings. The second kappa shape index (κ2) is 4.88. The van der Waals surface area contributed by atoms with Crippen LogP contribution in [0.1, 0.15) is 57.2 Å². The second-order valence-electron chi connectivity index (χ2n) is 6.67. The number of benzene rings is 1. The van der Waals surface area contributed by atoms with Gasteiger partial charge in [0, 0.05) is 11.7 Å². The van der Waals surface area contributed by atoms with Crippen molar-refractivity contribution in [2.24, 2.45) is 5.92 Å². The number of hydrogen-bond acceptors (Lipinski definition) is 2. The maximum atomic E-state index is 12.0. The van der Waals surface area contributed by atoms with Crippen LogP contribution in [0, 0.1) is 5.92 Å². The minimum atomic E-state index is -0.415. The van der Waals surface area contributed by atoms with Crippen molar-refractivity contribution in [1.82, 2.24) is 5.32 Å². The van der Waals surface area contributed by atoms with Crippen molar-refractivity contribution in [3.05, 3.63) is 29.3 Å². The zero-order valence-corrected chi connectivity index (χ0v) is 12.6. The van der Waals surface area contributed by atoms with Gasteiger partial charge in [0.15, 0.2) is 0 Å². The molecule has 1 fully saturated rings. The normalized spacial score (nSPS) is 21.4. The van der Waals surface area contributed by atoms with Crippen LogP contribution in [0.25, 0.3) is 0 Å². The third-order valence-electron chi connectivity index (χ3n) is 4.65. The zero-order chi connectivity index (χ0) is 14.3. The lowest BCUT2D eigenvalue weighted by Gasteiger charge is -2.21. The lowest BCUT2D eigenvalue weighted by atomic mass is 9.84. The summed E-state index contributed by atoms with van der Waals surface area (Å²) in [4.78, 5) is 12.0. The molecular weight excluding hydrogens is 248 g/mol. The highest BCUT2D eigenvalue weighted by Crippen LogP contribution is 2.41. The Labute approximate surface area is 121 Å². The monoisotopic (exact) mass is 272 g/mol. The molecule has 0 saturated heterocycles. The lowest BCUT2D eigenvalue weighted by Crippen LogP contribution is -2.27. The Bertz CT molecular complexity index is 532. The number of amides is 1. The van der Waals surface area contributed by atoms with E-state index in [-0.39, 0.29) is 5.91 Å². The smallest absolute Gasteiger partial charge is 0.234 e. The van der Waals surface area contributed by atoms with Crippen LogP contribution >= 0.6 is 0 Å². The summed E-state index contributed by atoms with van der Waals surface area (Å²) in [6.45, 7) is 7.14. The van der Waals surface area contributed by atoms with Gasteiger partial charge in [-0.2, -0.15) is 0 Å². The minimum Gasteiger partial charge on any atom is -0.325 e. The molecule has 1 aliphatic carbocycles. The SMILES string of the molecule is CCNC(CC1CC1)c1ccc2c(c1)C(C)(C)C(=O)N2. The van der Waals surface area contributed by atoms with Gasteiger partial charge in [0.1, 0.15) is 0 Å². The fourth-order valence-electron chi connectivity index (χ4n) is 3.08. The van der Waals surface area contributed by atoms with E-state index in [1.54, 1.807) is 0 Å². The van der Waals surface area contributed by atoms with Crippen LogP contribution in [-0.4, -0.2) is 12.5 Å². The van der Waals surface area contributed by atoms with Crippen LogP contribution in [0.2, 0.25) is 0 Å². The first-order chi connectivity index (χ1) is 9.52. The number of carbonyl (C=O) groups excluding carboxylic acids is 1.